The molecule has 0 aromatic carbocycles. The van der Waals surface area contributed by atoms with Crippen molar-refractivity contribution in [1.29, 1.82) is 0 Å². The molecule has 1 aromatic heterocycles. The smallest absolute Gasteiger partial charge is 0.326 e. The van der Waals surface area contributed by atoms with Crippen LogP contribution in [0.1, 0.15) is 39.1 Å². The summed E-state index contributed by atoms with van der Waals surface area (Å²) in [5.74, 6) is -0.843. The van der Waals surface area contributed by atoms with Crippen molar-refractivity contribution in [1.82, 2.24) is 15.6 Å². The van der Waals surface area contributed by atoms with Gasteiger partial charge >= 0.3 is 12.0 Å². The fourth-order valence-electron chi connectivity index (χ4n) is 1.76. The molecule has 0 spiro atoms. The molecule has 1 heterocycles. The average Bonchev–Trinajstić information content (AvgIpc) is 2.80. The van der Waals surface area contributed by atoms with Gasteiger partial charge < -0.3 is 15.7 Å². The Morgan fingerprint density at radius 1 is 1.45 bits per heavy atom. The van der Waals surface area contributed by atoms with E-state index in [1.54, 1.807) is 6.20 Å². The van der Waals surface area contributed by atoms with Crippen molar-refractivity contribution in [2.45, 2.75) is 45.7 Å². The first kappa shape index (κ1) is 16.4. The Labute approximate surface area is 122 Å². The quantitative estimate of drug-likeness (QED) is 0.750. The van der Waals surface area contributed by atoms with Crippen molar-refractivity contribution in [2.75, 3.05) is 0 Å². The van der Waals surface area contributed by atoms with Crippen LogP contribution >= 0.6 is 11.3 Å². The number of carboxylic acid groups (broad SMARTS) is 1. The van der Waals surface area contributed by atoms with E-state index >= 15 is 0 Å². The number of carbonyl (C=O) groups excluding carboxylic acids is 1. The molecule has 3 N–H and O–H groups in total. The number of thiazole rings is 1. The zero-order valence-corrected chi connectivity index (χ0v) is 13.0. The number of aromatic nitrogens is 1. The Bertz CT molecular complexity index is 457. The van der Waals surface area contributed by atoms with Gasteiger partial charge in [0.05, 0.1) is 5.54 Å². The maximum atomic E-state index is 11.9. The molecule has 112 valence electrons. The number of amides is 2. The van der Waals surface area contributed by atoms with Gasteiger partial charge in [-0.1, -0.05) is 13.8 Å². The molecule has 0 unspecified atom stereocenters. The summed E-state index contributed by atoms with van der Waals surface area (Å²) < 4.78 is 0. The van der Waals surface area contributed by atoms with E-state index in [1.807, 2.05) is 33.1 Å². The SMILES string of the molecule is CC(C)C[C@H](NC(=O)NC(C)(C)c1nccs1)C(=O)O. The Kier molecular flexibility index (Phi) is 5.50. The van der Waals surface area contributed by atoms with E-state index in [-0.39, 0.29) is 5.92 Å². The minimum Gasteiger partial charge on any atom is -0.480 e. The molecule has 0 radical (unpaired) electrons. The molecule has 0 aliphatic carbocycles. The third kappa shape index (κ3) is 4.80. The van der Waals surface area contributed by atoms with Gasteiger partial charge in [0, 0.05) is 11.6 Å². The fraction of sp³-hybridized carbons (Fsp3) is 0.615. The fourth-order valence-corrected chi connectivity index (χ4v) is 2.47. The molecule has 1 aromatic rings. The number of nitrogens with one attached hydrogen (secondary N) is 2. The summed E-state index contributed by atoms with van der Waals surface area (Å²) in [7, 11) is 0. The number of hydrogen-bond acceptors (Lipinski definition) is 4. The van der Waals surface area contributed by atoms with Gasteiger partial charge in [-0.25, -0.2) is 14.6 Å². The molecule has 20 heavy (non-hydrogen) atoms. The van der Waals surface area contributed by atoms with E-state index in [9.17, 15) is 9.59 Å². The van der Waals surface area contributed by atoms with Gasteiger partial charge in [0.1, 0.15) is 11.0 Å². The molecule has 0 saturated heterocycles. The minimum atomic E-state index is -1.03. The number of carboxylic acids is 1. The van der Waals surface area contributed by atoms with Crippen molar-refractivity contribution >= 4 is 23.3 Å². The summed E-state index contributed by atoms with van der Waals surface area (Å²) in [6.45, 7) is 7.47. The van der Waals surface area contributed by atoms with Crippen molar-refractivity contribution in [3.63, 3.8) is 0 Å². The lowest BCUT2D eigenvalue weighted by molar-refractivity contribution is -0.139. The van der Waals surface area contributed by atoms with Crippen molar-refractivity contribution < 1.29 is 14.7 Å². The number of urea groups is 1. The molecule has 0 fully saturated rings. The van der Waals surface area contributed by atoms with E-state index in [1.165, 1.54) is 11.3 Å². The first-order valence-corrected chi connectivity index (χ1v) is 7.32. The van der Waals surface area contributed by atoms with Gasteiger partial charge in [-0.05, 0) is 26.2 Å². The van der Waals surface area contributed by atoms with E-state index in [0.717, 1.165) is 5.01 Å². The molecule has 2 amide bonds. The van der Waals surface area contributed by atoms with E-state index < -0.39 is 23.6 Å². The molecule has 0 aliphatic rings. The Balaban J connectivity index is 2.64. The highest BCUT2D eigenvalue weighted by Gasteiger charge is 2.28. The van der Waals surface area contributed by atoms with Crippen molar-refractivity contribution in [3.05, 3.63) is 16.6 Å². The molecule has 0 saturated carbocycles. The second-order valence-electron chi connectivity index (χ2n) is 5.58. The molecular weight excluding hydrogens is 278 g/mol. The summed E-state index contributed by atoms with van der Waals surface area (Å²) >= 11 is 1.44. The van der Waals surface area contributed by atoms with Crippen LogP contribution in [0.4, 0.5) is 4.79 Å². The lowest BCUT2D eigenvalue weighted by Crippen LogP contribution is -2.51. The summed E-state index contributed by atoms with van der Waals surface area (Å²) in [6, 6.07) is -1.39. The maximum absolute atomic E-state index is 11.9. The Hall–Kier alpha value is -1.63. The predicted molar refractivity (Wildman–Crippen MR) is 77.7 cm³/mol. The number of nitrogens with zero attached hydrogens (tertiary/aromatic N) is 1. The zero-order chi connectivity index (χ0) is 15.3. The normalized spacial score (nSPS) is 13.1. The van der Waals surface area contributed by atoms with Crippen LogP contribution in [0.2, 0.25) is 0 Å². The van der Waals surface area contributed by atoms with Crippen molar-refractivity contribution in [3.8, 4) is 0 Å². The van der Waals surface area contributed by atoms with Gasteiger partial charge in [-0.2, -0.15) is 0 Å². The number of hydrogen-bond donors (Lipinski definition) is 3. The van der Waals surface area contributed by atoms with E-state index in [0.29, 0.717) is 6.42 Å². The van der Waals surface area contributed by atoms with E-state index in [4.69, 9.17) is 5.11 Å². The summed E-state index contributed by atoms with van der Waals surface area (Å²) in [5.41, 5.74) is -0.640. The second-order valence-corrected chi connectivity index (χ2v) is 6.48. The van der Waals surface area contributed by atoms with Crippen LogP contribution in [0.3, 0.4) is 0 Å². The van der Waals surface area contributed by atoms with Crippen molar-refractivity contribution in [2.24, 2.45) is 5.92 Å². The van der Waals surface area contributed by atoms with Crippen LogP contribution in [-0.4, -0.2) is 28.1 Å². The van der Waals surface area contributed by atoms with Crippen LogP contribution in [0.15, 0.2) is 11.6 Å². The standard InChI is InChI=1S/C13H21N3O3S/c1-8(2)7-9(10(17)18)15-12(19)16-13(3,4)11-14-5-6-20-11/h5-6,8-9H,7H2,1-4H3,(H,17,18)(H2,15,16,19)/t9-/m0/s1. The van der Waals surface area contributed by atoms with Crippen LogP contribution in [0, 0.1) is 5.92 Å². The molecule has 7 heteroatoms. The van der Waals surface area contributed by atoms with Gasteiger partial charge in [-0.3, -0.25) is 0 Å². The Morgan fingerprint density at radius 2 is 2.10 bits per heavy atom. The van der Waals surface area contributed by atoms with Crippen LogP contribution < -0.4 is 10.6 Å². The minimum absolute atomic E-state index is 0.184. The lowest BCUT2D eigenvalue weighted by atomic mass is 10.0. The highest BCUT2D eigenvalue weighted by atomic mass is 32.1. The van der Waals surface area contributed by atoms with E-state index in [2.05, 4.69) is 15.6 Å². The monoisotopic (exact) mass is 299 g/mol. The topological polar surface area (TPSA) is 91.3 Å². The third-order valence-electron chi connectivity index (χ3n) is 2.70. The van der Waals surface area contributed by atoms with Gasteiger partial charge in [0.2, 0.25) is 0 Å². The van der Waals surface area contributed by atoms with Crippen LogP contribution in [0.5, 0.6) is 0 Å². The highest BCUT2D eigenvalue weighted by Crippen LogP contribution is 2.21. The largest absolute Gasteiger partial charge is 0.480 e. The van der Waals surface area contributed by atoms with Gasteiger partial charge in [0.15, 0.2) is 0 Å². The third-order valence-corrected chi connectivity index (χ3v) is 3.80. The molecule has 0 aliphatic heterocycles. The zero-order valence-electron chi connectivity index (χ0n) is 12.1. The molecule has 0 bridgehead atoms. The highest BCUT2D eigenvalue weighted by molar-refractivity contribution is 7.09. The summed E-state index contributed by atoms with van der Waals surface area (Å²) in [4.78, 5) is 27.2. The molecule has 6 nitrogen and oxygen atoms in total. The average molecular weight is 299 g/mol. The first-order chi connectivity index (χ1) is 9.22. The van der Waals surface area contributed by atoms with Crippen LogP contribution in [0.25, 0.3) is 0 Å². The molecule has 1 atom stereocenters. The summed E-state index contributed by atoms with van der Waals surface area (Å²) in [5, 5.41) is 16.9. The second kappa shape index (κ2) is 6.69. The molecular formula is C13H21N3O3S. The Morgan fingerprint density at radius 3 is 2.55 bits per heavy atom. The lowest BCUT2D eigenvalue weighted by Gasteiger charge is -2.25. The molecule has 1 rings (SSSR count). The number of aliphatic carboxylic acids is 1. The van der Waals surface area contributed by atoms with Gasteiger partial charge in [-0.15, -0.1) is 11.3 Å². The predicted octanol–water partition coefficient (Wildman–Crippen LogP) is 2.18. The number of carbonyl (C=O) groups is 2. The summed E-state index contributed by atoms with van der Waals surface area (Å²) in [6.07, 6.45) is 2.06. The van der Waals surface area contributed by atoms with Gasteiger partial charge in [0.25, 0.3) is 0 Å². The van der Waals surface area contributed by atoms with Crippen LogP contribution in [-0.2, 0) is 10.3 Å². The maximum Gasteiger partial charge on any atom is 0.326 e. The first-order valence-electron chi connectivity index (χ1n) is 6.44. The number of rotatable bonds is 6.